The third-order valence-corrected chi connectivity index (χ3v) is 2.74. The summed E-state index contributed by atoms with van der Waals surface area (Å²) in [5, 5.41) is 1.33. The number of para-hydroxylation sites is 1. The molecular formula is C13H17NO. The van der Waals surface area contributed by atoms with Crippen LogP contribution in [0.1, 0.15) is 12.0 Å². The van der Waals surface area contributed by atoms with Crippen molar-refractivity contribution in [1.82, 2.24) is 4.57 Å². The molecule has 0 atom stereocenters. The van der Waals surface area contributed by atoms with Crippen LogP contribution in [-0.2, 0) is 11.3 Å². The van der Waals surface area contributed by atoms with Crippen LogP contribution in [-0.4, -0.2) is 18.3 Å². The molecule has 1 heterocycles. The smallest absolute Gasteiger partial charge is 0.0509 e. The van der Waals surface area contributed by atoms with Crippen LogP contribution in [0.4, 0.5) is 0 Å². The number of hydrogen-bond donors (Lipinski definition) is 0. The minimum absolute atomic E-state index is 0.825. The maximum atomic E-state index is 5.07. The van der Waals surface area contributed by atoms with Gasteiger partial charge in [-0.1, -0.05) is 18.2 Å². The van der Waals surface area contributed by atoms with Gasteiger partial charge in [0.25, 0.3) is 0 Å². The van der Waals surface area contributed by atoms with Crippen molar-refractivity contribution >= 4 is 10.9 Å². The number of ether oxygens (including phenoxy) is 1. The number of methoxy groups -OCH3 is 1. The van der Waals surface area contributed by atoms with Crippen molar-refractivity contribution in [2.24, 2.45) is 0 Å². The Morgan fingerprint density at radius 2 is 2.13 bits per heavy atom. The first-order chi connectivity index (χ1) is 7.33. The summed E-state index contributed by atoms with van der Waals surface area (Å²) in [6.45, 7) is 4.02. The highest BCUT2D eigenvalue weighted by Gasteiger charge is 2.02. The highest BCUT2D eigenvalue weighted by molar-refractivity contribution is 5.83. The van der Waals surface area contributed by atoms with Gasteiger partial charge >= 0.3 is 0 Å². The molecule has 2 nitrogen and oxygen atoms in total. The molecule has 0 N–H and O–H groups in total. The van der Waals surface area contributed by atoms with Crippen molar-refractivity contribution < 1.29 is 4.74 Å². The van der Waals surface area contributed by atoms with Gasteiger partial charge in [-0.3, -0.25) is 0 Å². The molecule has 15 heavy (non-hydrogen) atoms. The Bertz CT molecular complexity index is 445. The molecule has 2 rings (SSSR count). The lowest BCUT2D eigenvalue weighted by Crippen LogP contribution is -2.00. The Hall–Kier alpha value is -1.28. The van der Waals surface area contributed by atoms with Gasteiger partial charge in [-0.2, -0.15) is 0 Å². The fourth-order valence-corrected chi connectivity index (χ4v) is 2.02. The molecule has 1 aromatic heterocycles. The molecule has 0 amide bonds. The maximum Gasteiger partial charge on any atom is 0.0509 e. The van der Waals surface area contributed by atoms with Gasteiger partial charge in [0.05, 0.1) is 5.52 Å². The van der Waals surface area contributed by atoms with E-state index in [0.717, 1.165) is 19.6 Å². The van der Waals surface area contributed by atoms with Gasteiger partial charge in [0.1, 0.15) is 0 Å². The predicted octanol–water partition coefficient (Wildman–Crippen LogP) is 2.99. The van der Waals surface area contributed by atoms with E-state index in [4.69, 9.17) is 4.74 Å². The standard InChI is InChI=1S/C13H17NO/c1-11-5-3-6-12-7-9-14(13(11)12)8-4-10-15-2/h3,5-7,9H,4,8,10H2,1-2H3. The summed E-state index contributed by atoms with van der Waals surface area (Å²) in [6.07, 6.45) is 3.22. The molecular weight excluding hydrogens is 186 g/mol. The average molecular weight is 203 g/mol. The first kappa shape index (κ1) is 10.2. The van der Waals surface area contributed by atoms with Gasteiger partial charge in [-0.05, 0) is 30.4 Å². The molecule has 0 bridgehead atoms. The summed E-state index contributed by atoms with van der Waals surface area (Å²) in [5.74, 6) is 0. The van der Waals surface area contributed by atoms with Gasteiger partial charge in [0.2, 0.25) is 0 Å². The van der Waals surface area contributed by atoms with E-state index in [9.17, 15) is 0 Å². The second-order valence-electron chi connectivity index (χ2n) is 3.87. The molecule has 0 fully saturated rings. The highest BCUT2D eigenvalue weighted by atomic mass is 16.5. The molecule has 80 valence electrons. The topological polar surface area (TPSA) is 14.2 Å². The lowest BCUT2D eigenvalue weighted by molar-refractivity contribution is 0.190. The van der Waals surface area contributed by atoms with Crippen LogP contribution >= 0.6 is 0 Å². The normalized spacial score (nSPS) is 11.1. The predicted molar refractivity (Wildman–Crippen MR) is 63.2 cm³/mol. The van der Waals surface area contributed by atoms with E-state index in [0.29, 0.717) is 0 Å². The highest BCUT2D eigenvalue weighted by Crippen LogP contribution is 2.19. The lowest BCUT2D eigenvalue weighted by Gasteiger charge is -2.06. The quantitative estimate of drug-likeness (QED) is 0.697. The summed E-state index contributed by atoms with van der Waals surface area (Å²) in [7, 11) is 1.75. The summed E-state index contributed by atoms with van der Waals surface area (Å²) >= 11 is 0. The number of rotatable bonds is 4. The second kappa shape index (κ2) is 4.49. The third-order valence-electron chi connectivity index (χ3n) is 2.74. The molecule has 0 radical (unpaired) electrons. The molecule has 0 aliphatic carbocycles. The molecule has 0 aliphatic rings. The number of aromatic nitrogens is 1. The van der Waals surface area contributed by atoms with E-state index in [-0.39, 0.29) is 0 Å². The Morgan fingerprint density at radius 1 is 1.27 bits per heavy atom. The average Bonchev–Trinajstić information content (AvgIpc) is 2.63. The number of benzene rings is 1. The van der Waals surface area contributed by atoms with Crippen molar-refractivity contribution in [3.05, 3.63) is 36.0 Å². The van der Waals surface area contributed by atoms with E-state index < -0.39 is 0 Å². The molecule has 0 saturated carbocycles. The molecule has 1 aromatic carbocycles. The Morgan fingerprint density at radius 3 is 2.93 bits per heavy atom. The van der Waals surface area contributed by atoms with Crippen LogP contribution < -0.4 is 0 Å². The monoisotopic (exact) mass is 203 g/mol. The fourth-order valence-electron chi connectivity index (χ4n) is 2.02. The number of hydrogen-bond acceptors (Lipinski definition) is 1. The van der Waals surface area contributed by atoms with Gasteiger partial charge in [-0.15, -0.1) is 0 Å². The van der Waals surface area contributed by atoms with Crippen molar-refractivity contribution in [3.8, 4) is 0 Å². The summed E-state index contributed by atoms with van der Waals surface area (Å²) in [6, 6.07) is 8.61. The minimum Gasteiger partial charge on any atom is -0.385 e. The van der Waals surface area contributed by atoms with Crippen molar-refractivity contribution in [3.63, 3.8) is 0 Å². The zero-order chi connectivity index (χ0) is 10.7. The third kappa shape index (κ3) is 2.05. The maximum absolute atomic E-state index is 5.07. The molecule has 0 saturated heterocycles. The SMILES string of the molecule is COCCCn1ccc2cccc(C)c21. The number of fused-ring (bicyclic) bond motifs is 1. The van der Waals surface area contributed by atoms with Gasteiger partial charge in [0, 0.05) is 26.5 Å². The van der Waals surface area contributed by atoms with Gasteiger partial charge < -0.3 is 9.30 Å². The Balaban J connectivity index is 2.27. The summed E-state index contributed by atoms with van der Waals surface area (Å²) in [5.41, 5.74) is 2.70. The van der Waals surface area contributed by atoms with Crippen LogP contribution in [0.3, 0.4) is 0 Å². The molecule has 0 aliphatic heterocycles. The molecule has 0 unspecified atom stereocenters. The minimum atomic E-state index is 0.825. The number of nitrogens with zero attached hydrogens (tertiary/aromatic N) is 1. The largest absolute Gasteiger partial charge is 0.385 e. The van der Waals surface area contributed by atoms with E-state index in [1.54, 1.807) is 7.11 Å². The van der Waals surface area contributed by atoms with E-state index in [1.165, 1.54) is 16.5 Å². The Labute approximate surface area is 90.5 Å². The van der Waals surface area contributed by atoms with Crippen molar-refractivity contribution in [1.29, 1.82) is 0 Å². The first-order valence-electron chi connectivity index (χ1n) is 5.36. The van der Waals surface area contributed by atoms with Gasteiger partial charge in [-0.25, -0.2) is 0 Å². The van der Waals surface area contributed by atoms with E-state index >= 15 is 0 Å². The van der Waals surface area contributed by atoms with Crippen LogP contribution in [0.2, 0.25) is 0 Å². The van der Waals surface area contributed by atoms with Crippen molar-refractivity contribution in [2.45, 2.75) is 19.9 Å². The van der Waals surface area contributed by atoms with Crippen LogP contribution in [0.25, 0.3) is 10.9 Å². The molecule has 2 heteroatoms. The zero-order valence-electron chi connectivity index (χ0n) is 9.36. The Kier molecular flexibility index (Phi) is 3.07. The van der Waals surface area contributed by atoms with E-state index in [2.05, 4.69) is 42.0 Å². The number of aryl methyl sites for hydroxylation is 2. The van der Waals surface area contributed by atoms with Crippen LogP contribution in [0.15, 0.2) is 30.5 Å². The summed E-state index contributed by atoms with van der Waals surface area (Å²) < 4.78 is 7.38. The second-order valence-corrected chi connectivity index (χ2v) is 3.87. The molecule has 2 aromatic rings. The van der Waals surface area contributed by atoms with E-state index in [1.807, 2.05) is 0 Å². The molecule has 0 spiro atoms. The summed E-state index contributed by atoms with van der Waals surface area (Å²) in [4.78, 5) is 0. The van der Waals surface area contributed by atoms with Crippen LogP contribution in [0, 0.1) is 6.92 Å². The van der Waals surface area contributed by atoms with Crippen molar-refractivity contribution in [2.75, 3.05) is 13.7 Å². The van der Waals surface area contributed by atoms with Crippen LogP contribution in [0.5, 0.6) is 0 Å². The fraction of sp³-hybridized carbons (Fsp3) is 0.385. The zero-order valence-corrected chi connectivity index (χ0v) is 9.36. The first-order valence-corrected chi connectivity index (χ1v) is 5.36. The lowest BCUT2D eigenvalue weighted by atomic mass is 10.2. The van der Waals surface area contributed by atoms with Gasteiger partial charge in [0.15, 0.2) is 0 Å².